The zero-order chi connectivity index (χ0) is 11.3. The summed E-state index contributed by atoms with van der Waals surface area (Å²) in [5.74, 6) is 0.0930. The molecule has 17 heavy (non-hydrogen) atoms. The van der Waals surface area contributed by atoms with Crippen LogP contribution in [0.5, 0.6) is 0 Å². The highest BCUT2D eigenvalue weighted by molar-refractivity contribution is 5.85. The van der Waals surface area contributed by atoms with Crippen molar-refractivity contribution in [2.45, 2.75) is 38.6 Å². The van der Waals surface area contributed by atoms with Crippen molar-refractivity contribution in [3.63, 3.8) is 0 Å². The average Bonchev–Trinajstić information content (AvgIpc) is 2.20. The number of nitrogens with zero attached hydrogens (tertiary/aromatic N) is 1. The summed E-state index contributed by atoms with van der Waals surface area (Å²) in [5, 5.41) is 2.92. The second-order valence-corrected chi connectivity index (χ2v) is 4.45. The van der Waals surface area contributed by atoms with Crippen molar-refractivity contribution in [2.75, 3.05) is 26.2 Å². The molecule has 3 N–H and O–H groups in total. The van der Waals surface area contributed by atoms with Crippen LogP contribution in [0.1, 0.15) is 33.1 Å². The zero-order valence-corrected chi connectivity index (χ0v) is 12.3. The third-order valence-electron chi connectivity index (χ3n) is 3.25. The fraction of sp³-hybridized carbons (Fsp3) is 0.909. The van der Waals surface area contributed by atoms with Crippen LogP contribution in [-0.4, -0.2) is 42.5 Å². The first-order valence-corrected chi connectivity index (χ1v) is 5.87. The van der Waals surface area contributed by atoms with Gasteiger partial charge in [0.1, 0.15) is 0 Å². The summed E-state index contributed by atoms with van der Waals surface area (Å²) in [6.07, 6.45) is 3.28. The quantitative estimate of drug-likeness (QED) is 0.770. The molecule has 1 rings (SSSR count). The minimum Gasteiger partial charge on any atom is -0.353 e. The Hall–Kier alpha value is -0.0300. The lowest BCUT2D eigenvalue weighted by molar-refractivity contribution is -0.122. The van der Waals surface area contributed by atoms with E-state index in [2.05, 4.69) is 24.1 Å². The molecule has 0 saturated heterocycles. The van der Waals surface area contributed by atoms with E-state index in [4.69, 9.17) is 5.73 Å². The van der Waals surface area contributed by atoms with Crippen molar-refractivity contribution in [1.29, 1.82) is 0 Å². The van der Waals surface area contributed by atoms with Gasteiger partial charge in [0.25, 0.3) is 0 Å². The molecule has 0 heterocycles. The van der Waals surface area contributed by atoms with Crippen LogP contribution in [0.4, 0.5) is 0 Å². The first-order valence-electron chi connectivity index (χ1n) is 5.87. The normalized spacial score (nSPS) is 16.5. The van der Waals surface area contributed by atoms with Crippen molar-refractivity contribution in [3.05, 3.63) is 0 Å². The molecule has 1 aliphatic rings. The van der Waals surface area contributed by atoms with Crippen LogP contribution >= 0.6 is 24.8 Å². The monoisotopic (exact) mass is 285 g/mol. The summed E-state index contributed by atoms with van der Waals surface area (Å²) in [7, 11) is 0. The highest BCUT2D eigenvalue weighted by Gasteiger charge is 2.32. The standard InChI is InChI=1S/C11H23N3O.2ClH/c1-3-14(4-2)8-10(15)13-9-11(12)6-5-7-11;;/h3-9,12H2,1-2H3,(H,13,15);2*1H. The summed E-state index contributed by atoms with van der Waals surface area (Å²) in [4.78, 5) is 13.6. The number of nitrogens with two attached hydrogens (primary N) is 1. The Labute approximate surface area is 117 Å². The van der Waals surface area contributed by atoms with Gasteiger partial charge in [-0.2, -0.15) is 0 Å². The number of rotatable bonds is 6. The Morgan fingerprint density at radius 3 is 2.18 bits per heavy atom. The number of nitrogens with one attached hydrogen (secondary N) is 1. The Kier molecular flexibility index (Phi) is 10.2. The van der Waals surface area contributed by atoms with Gasteiger partial charge in [-0.05, 0) is 32.4 Å². The van der Waals surface area contributed by atoms with Gasteiger partial charge in [-0.25, -0.2) is 0 Å². The summed E-state index contributed by atoms with van der Waals surface area (Å²) >= 11 is 0. The van der Waals surface area contributed by atoms with Crippen molar-refractivity contribution >= 4 is 30.7 Å². The van der Waals surface area contributed by atoms with Gasteiger partial charge in [0, 0.05) is 12.1 Å². The van der Waals surface area contributed by atoms with Crippen LogP contribution in [0.2, 0.25) is 0 Å². The Balaban J connectivity index is 0. The van der Waals surface area contributed by atoms with Gasteiger partial charge in [-0.3, -0.25) is 9.69 Å². The predicted molar refractivity (Wildman–Crippen MR) is 76.1 cm³/mol. The molecule has 4 nitrogen and oxygen atoms in total. The maximum absolute atomic E-state index is 11.5. The number of amides is 1. The van der Waals surface area contributed by atoms with E-state index < -0.39 is 0 Å². The van der Waals surface area contributed by atoms with Gasteiger partial charge < -0.3 is 11.1 Å². The van der Waals surface area contributed by atoms with Crippen molar-refractivity contribution < 1.29 is 4.79 Å². The molecule has 1 aliphatic carbocycles. The molecule has 1 amide bonds. The number of likely N-dealkylation sites (N-methyl/N-ethyl adjacent to an activating group) is 1. The Morgan fingerprint density at radius 2 is 1.82 bits per heavy atom. The first kappa shape index (κ1) is 19.3. The largest absolute Gasteiger partial charge is 0.353 e. The highest BCUT2D eigenvalue weighted by atomic mass is 35.5. The van der Waals surface area contributed by atoms with E-state index in [9.17, 15) is 4.79 Å². The van der Waals surface area contributed by atoms with Gasteiger partial charge in [-0.1, -0.05) is 13.8 Å². The van der Waals surface area contributed by atoms with E-state index in [0.29, 0.717) is 13.1 Å². The van der Waals surface area contributed by atoms with Crippen LogP contribution in [-0.2, 0) is 4.79 Å². The zero-order valence-electron chi connectivity index (χ0n) is 10.7. The first-order chi connectivity index (χ1) is 7.09. The Bertz CT molecular complexity index is 219. The summed E-state index contributed by atoms with van der Waals surface area (Å²) in [6.45, 7) is 7.08. The minimum absolute atomic E-state index is 0. The van der Waals surface area contributed by atoms with E-state index in [1.54, 1.807) is 0 Å². The molecule has 0 bridgehead atoms. The number of carbonyl (C=O) groups excluding carboxylic acids is 1. The minimum atomic E-state index is -0.112. The molecule has 0 atom stereocenters. The summed E-state index contributed by atoms with van der Waals surface area (Å²) < 4.78 is 0. The van der Waals surface area contributed by atoms with Gasteiger partial charge in [0.05, 0.1) is 6.54 Å². The number of hydrogen-bond donors (Lipinski definition) is 2. The van der Waals surface area contributed by atoms with Gasteiger partial charge >= 0.3 is 0 Å². The van der Waals surface area contributed by atoms with Crippen LogP contribution in [0, 0.1) is 0 Å². The predicted octanol–water partition coefficient (Wildman–Crippen LogP) is 1.17. The molecular weight excluding hydrogens is 261 g/mol. The number of halogens is 2. The van der Waals surface area contributed by atoms with E-state index >= 15 is 0 Å². The number of hydrogen-bond acceptors (Lipinski definition) is 3. The number of carbonyl (C=O) groups is 1. The summed E-state index contributed by atoms with van der Waals surface area (Å²) in [6, 6.07) is 0. The lowest BCUT2D eigenvalue weighted by Gasteiger charge is -2.38. The Morgan fingerprint density at radius 1 is 1.29 bits per heavy atom. The van der Waals surface area contributed by atoms with Crippen LogP contribution < -0.4 is 11.1 Å². The highest BCUT2D eigenvalue weighted by Crippen LogP contribution is 2.27. The van der Waals surface area contributed by atoms with Crippen molar-refractivity contribution in [3.8, 4) is 0 Å². The molecule has 0 spiro atoms. The molecule has 1 fully saturated rings. The van der Waals surface area contributed by atoms with Gasteiger partial charge in [-0.15, -0.1) is 24.8 Å². The van der Waals surface area contributed by atoms with Crippen LogP contribution in [0.3, 0.4) is 0 Å². The fourth-order valence-electron chi connectivity index (χ4n) is 1.79. The molecule has 1 saturated carbocycles. The van der Waals surface area contributed by atoms with E-state index in [1.165, 1.54) is 6.42 Å². The second kappa shape index (κ2) is 8.97. The van der Waals surface area contributed by atoms with E-state index in [1.807, 2.05) is 0 Å². The van der Waals surface area contributed by atoms with Crippen molar-refractivity contribution in [1.82, 2.24) is 10.2 Å². The summed E-state index contributed by atoms with van der Waals surface area (Å²) in [5.41, 5.74) is 5.91. The third kappa shape index (κ3) is 6.46. The lowest BCUT2D eigenvalue weighted by Crippen LogP contribution is -2.55. The second-order valence-electron chi connectivity index (χ2n) is 4.45. The molecular formula is C11H25Cl2N3O. The molecule has 0 aliphatic heterocycles. The molecule has 0 aromatic carbocycles. The van der Waals surface area contributed by atoms with Gasteiger partial charge in [0.2, 0.25) is 5.91 Å². The maximum Gasteiger partial charge on any atom is 0.234 e. The topological polar surface area (TPSA) is 58.4 Å². The van der Waals surface area contributed by atoms with Crippen LogP contribution in [0.15, 0.2) is 0 Å². The molecule has 6 heteroatoms. The third-order valence-corrected chi connectivity index (χ3v) is 3.25. The lowest BCUT2D eigenvalue weighted by atomic mass is 9.78. The average molecular weight is 286 g/mol. The molecule has 0 unspecified atom stereocenters. The fourth-order valence-corrected chi connectivity index (χ4v) is 1.79. The van der Waals surface area contributed by atoms with Gasteiger partial charge in [0.15, 0.2) is 0 Å². The van der Waals surface area contributed by atoms with E-state index in [-0.39, 0.29) is 36.3 Å². The molecule has 0 radical (unpaired) electrons. The van der Waals surface area contributed by atoms with Crippen LogP contribution in [0.25, 0.3) is 0 Å². The maximum atomic E-state index is 11.5. The van der Waals surface area contributed by atoms with E-state index in [0.717, 1.165) is 25.9 Å². The molecule has 0 aromatic heterocycles. The smallest absolute Gasteiger partial charge is 0.234 e. The van der Waals surface area contributed by atoms with Crippen molar-refractivity contribution in [2.24, 2.45) is 5.73 Å². The molecule has 104 valence electrons. The molecule has 0 aromatic rings. The SMILES string of the molecule is CCN(CC)CC(=O)NCC1(N)CCC1.Cl.Cl.